The molecule has 0 aromatic carbocycles. The molecule has 28 heavy (non-hydrogen) atoms. The van der Waals surface area contributed by atoms with Crippen molar-refractivity contribution < 1.29 is 4.74 Å². The first-order chi connectivity index (χ1) is 13.7. The summed E-state index contributed by atoms with van der Waals surface area (Å²) in [5, 5.41) is 8.84. The van der Waals surface area contributed by atoms with Gasteiger partial charge in [0.25, 0.3) is 0 Å². The highest BCUT2D eigenvalue weighted by atomic mass is 16.5. The van der Waals surface area contributed by atoms with Crippen molar-refractivity contribution in [1.82, 2.24) is 14.8 Å². The fourth-order valence-corrected chi connectivity index (χ4v) is 3.74. The van der Waals surface area contributed by atoms with Gasteiger partial charge in [0.1, 0.15) is 18.4 Å². The Morgan fingerprint density at radius 2 is 1.86 bits per heavy atom. The highest BCUT2D eigenvalue weighted by molar-refractivity contribution is 5.46. The van der Waals surface area contributed by atoms with E-state index in [1.165, 1.54) is 0 Å². The van der Waals surface area contributed by atoms with Crippen LogP contribution in [0, 0.1) is 23.2 Å². The molecular weight excluding hydrogens is 350 g/mol. The van der Waals surface area contributed by atoms with E-state index in [4.69, 9.17) is 10.00 Å². The van der Waals surface area contributed by atoms with Gasteiger partial charge in [0, 0.05) is 45.3 Å². The van der Waals surface area contributed by atoms with Crippen molar-refractivity contribution in [2.24, 2.45) is 0 Å². The van der Waals surface area contributed by atoms with Crippen molar-refractivity contribution in [3.05, 3.63) is 24.0 Å². The van der Waals surface area contributed by atoms with Gasteiger partial charge in [-0.25, -0.2) is 4.98 Å². The Kier molecular flexibility index (Phi) is 7.68. The average molecular weight is 382 g/mol. The summed E-state index contributed by atoms with van der Waals surface area (Å²) < 4.78 is 5.96. The van der Waals surface area contributed by atoms with E-state index >= 15 is 0 Å². The molecule has 0 aliphatic carbocycles. The lowest BCUT2D eigenvalue weighted by Crippen LogP contribution is -2.48. The summed E-state index contributed by atoms with van der Waals surface area (Å²) in [6.07, 6.45) is 4.07. The van der Waals surface area contributed by atoms with Crippen LogP contribution in [-0.4, -0.2) is 79.3 Å². The molecule has 0 bridgehead atoms. The van der Waals surface area contributed by atoms with Gasteiger partial charge < -0.3 is 9.64 Å². The molecule has 3 heterocycles. The molecule has 2 saturated heterocycles. The number of rotatable bonds is 5. The lowest BCUT2D eigenvalue weighted by molar-refractivity contribution is 0.0594. The van der Waals surface area contributed by atoms with Crippen molar-refractivity contribution in [2.75, 3.05) is 57.3 Å². The predicted octanol–water partition coefficient (Wildman–Crippen LogP) is 1.97. The van der Waals surface area contributed by atoms with Crippen LogP contribution in [0.4, 0.5) is 5.69 Å². The Hall–Kier alpha value is -2.12. The van der Waals surface area contributed by atoms with Gasteiger partial charge >= 0.3 is 0 Å². The number of piperazine rings is 1. The quantitative estimate of drug-likeness (QED) is 0.727. The van der Waals surface area contributed by atoms with E-state index in [0.717, 1.165) is 64.3 Å². The molecule has 0 atom stereocenters. The first-order valence-corrected chi connectivity index (χ1v) is 10.3. The molecule has 0 spiro atoms. The molecule has 1 aromatic rings. The Morgan fingerprint density at radius 1 is 1.11 bits per heavy atom. The van der Waals surface area contributed by atoms with E-state index in [0.29, 0.717) is 18.3 Å². The molecule has 0 radical (unpaired) electrons. The number of pyridine rings is 1. The van der Waals surface area contributed by atoms with Crippen molar-refractivity contribution in [3.8, 4) is 17.9 Å². The van der Waals surface area contributed by atoms with E-state index in [9.17, 15) is 0 Å². The second-order valence-corrected chi connectivity index (χ2v) is 7.77. The summed E-state index contributed by atoms with van der Waals surface area (Å²) in [5.74, 6) is 6.46. The maximum absolute atomic E-state index is 8.84. The van der Waals surface area contributed by atoms with Crippen molar-refractivity contribution in [3.63, 3.8) is 0 Å². The van der Waals surface area contributed by atoms with Crippen LogP contribution < -0.4 is 4.90 Å². The van der Waals surface area contributed by atoms with Crippen LogP contribution >= 0.6 is 0 Å². The van der Waals surface area contributed by atoms with Gasteiger partial charge in [0.05, 0.1) is 24.5 Å². The third-order valence-electron chi connectivity index (χ3n) is 5.63. The molecule has 3 rings (SSSR count). The molecule has 6 nitrogen and oxygen atoms in total. The largest absolute Gasteiger partial charge is 0.370 e. The van der Waals surface area contributed by atoms with E-state index in [-0.39, 0.29) is 6.10 Å². The topological polar surface area (TPSA) is 55.6 Å². The second-order valence-electron chi connectivity index (χ2n) is 7.77. The predicted molar refractivity (Wildman–Crippen MR) is 111 cm³/mol. The third-order valence-corrected chi connectivity index (χ3v) is 5.63. The van der Waals surface area contributed by atoms with Gasteiger partial charge in [0.15, 0.2) is 0 Å². The Labute approximate surface area is 169 Å². The molecule has 2 fully saturated rings. The molecule has 0 amide bonds. The lowest BCUT2D eigenvalue weighted by Gasteiger charge is -2.36. The third kappa shape index (κ3) is 5.94. The SMILES string of the molecule is CC(C)N1CCN(CC#CCOC2CCN(c3ccc(C#N)nc3)CC2)CC1. The molecule has 2 aliphatic rings. The first-order valence-electron chi connectivity index (χ1n) is 10.3. The number of anilines is 1. The number of nitrogens with zero attached hydrogens (tertiary/aromatic N) is 5. The molecule has 2 aliphatic heterocycles. The summed E-state index contributed by atoms with van der Waals surface area (Å²) in [7, 11) is 0. The Bertz CT molecular complexity index is 699. The fraction of sp³-hybridized carbons (Fsp3) is 0.636. The molecule has 0 unspecified atom stereocenters. The zero-order chi connectivity index (χ0) is 19.8. The maximum atomic E-state index is 8.84. The van der Waals surface area contributed by atoms with Crippen LogP contribution in [0.5, 0.6) is 0 Å². The summed E-state index contributed by atoms with van der Waals surface area (Å²) in [5.41, 5.74) is 1.54. The van der Waals surface area contributed by atoms with Crippen LogP contribution in [-0.2, 0) is 4.74 Å². The summed E-state index contributed by atoms with van der Waals surface area (Å²) >= 11 is 0. The van der Waals surface area contributed by atoms with Crippen LogP contribution in [0.15, 0.2) is 18.3 Å². The fourth-order valence-electron chi connectivity index (χ4n) is 3.74. The Balaban J connectivity index is 1.31. The maximum Gasteiger partial charge on any atom is 0.140 e. The van der Waals surface area contributed by atoms with Crippen LogP contribution in [0.3, 0.4) is 0 Å². The summed E-state index contributed by atoms with van der Waals surface area (Å²) in [6, 6.07) is 6.44. The molecule has 150 valence electrons. The van der Waals surface area contributed by atoms with Gasteiger partial charge in [0.2, 0.25) is 0 Å². The molecule has 6 heteroatoms. The van der Waals surface area contributed by atoms with Gasteiger partial charge in [-0.15, -0.1) is 0 Å². The van der Waals surface area contributed by atoms with E-state index < -0.39 is 0 Å². The zero-order valence-electron chi connectivity index (χ0n) is 17.1. The molecular formula is C22H31N5O. The average Bonchev–Trinajstić information content (AvgIpc) is 2.74. The number of aromatic nitrogens is 1. The number of ether oxygens (including phenoxy) is 1. The lowest BCUT2D eigenvalue weighted by atomic mass is 10.1. The Morgan fingerprint density at radius 3 is 2.46 bits per heavy atom. The molecule has 1 aromatic heterocycles. The zero-order valence-corrected chi connectivity index (χ0v) is 17.1. The van der Waals surface area contributed by atoms with Crippen LogP contribution in [0.25, 0.3) is 0 Å². The number of piperidine rings is 1. The minimum Gasteiger partial charge on any atom is -0.370 e. The second kappa shape index (κ2) is 10.4. The molecule has 0 saturated carbocycles. The van der Waals surface area contributed by atoms with Crippen molar-refractivity contribution >= 4 is 5.69 Å². The minimum absolute atomic E-state index is 0.284. The van der Waals surface area contributed by atoms with Gasteiger partial charge in [-0.05, 0) is 38.8 Å². The van der Waals surface area contributed by atoms with E-state index in [1.807, 2.05) is 6.07 Å². The number of hydrogen-bond acceptors (Lipinski definition) is 6. The highest BCUT2D eigenvalue weighted by Crippen LogP contribution is 2.20. The van der Waals surface area contributed by atoms with Crippen molar-refractivity contribution in [2.45, 2.75) is 38.8 Å². The first kappa shape index (κ1) is 20.6. The number of hydrogen-bond donors (Lipinski definition) is 0. The summed E-state index contributed by atoms with van der Waals surface area (Å²) in [4.78, 5) is 11.4. The van der Waals surface area contributed by atoms with E-state index in [2.05, 4.69) is 51.4 Å². The van der Waals surface area contributed by atoms with Crippen LogP contribution in [0.2, 0.25) is 0 Å². The van der Waals surface area contributed by atoms with E-state index in [1.54, 1.807) is 12.3 Å². The smallest absolute Gasteiger partial charge is 0.140 e. The highest BCUT2D eigenvalue weighted by Gasteiger charge is 2.20. The number of nitriles is 1. The normalized spacial score (nSPS) is 19.3. The van der Waals surface area contributed by atoms with Gasteiger partial charge in [-0.3, -0.25) is 9.80 Å². The monoisotopic (exact) mass is 381 g/mol. The van der Waals surface area contributed by atoms with Crippen molar-refractivity contribution in [1.29, 1.82) is 5.26 Å². The summed E-state index contributed by atoms with van der Waals surface area (Å²) in [6.45, 7) is 12.3. The van der Waals surface area contributed by atoms with Crippen LogP contribution in [0.1, 0.15) is 32.4 Å². The minimum atomic E-state index is 0.284. The van der Waals surface area contributed by atoms with Gasteiger partial charge in [-0.1, -0.05) is 11.8 Å². The standard InChI is InChI=1S/C22H31N5O/c1-19(2)26-14-12-25(13-15-26)9-3-4-16-28-22-7-10-27(11-8-22)21-6-5-20(17-23)24-18-21/h5-6,18-19,22H,7-16H2,1-2H3. The molecule has 0 N–H and O–H groups in total. The van der Waals surface area contributed by atoms with Gasteiger partial charge in [-0.2, -0.15) is 5.26 Å².